The van der Waals surface area contributed by atoms with Gasteiger partial charge in [0.05, 0.1) is 32.5 Å². The highest BCUT2D eigenvalue weighted by atomic mass is 16.5. The molecule has 2 aromatic carbocycles. The Hall–Kier alpha value is -3.94. The van der Waals surface area contributed by atoms with Crippen LogP contribution in [-0.2, 0) is 0 Å². The van der Waals surface area contributed by atoms with Crippen molar-refractivity contribution in [2.24, 2.45) is 0 Å². The van der Waals surface area contributed by atoms with Crippen molar-refractivity contribution in [2.75, 3.05) is 26.6 Å². The fraction of sp³-hybridized carbons (Fsp3) is 0.217. The molecule has 0 radical (unpaired) electrons. The predicted molar refractivity (Wildman–Crippen MR) is 119 cm³/mol. The zero-order chi connectivity index (χ0) is 22.1. The number of rotatable bonds is 6. The molecule has 0 saturated carbocycles. The summed E-state index contributed by atoms with van der Waals surface area (Å²) < 4.78 is 16.3. The lowest BCUT2D eigenvalue weighted by molar-refractivity contribution is 0.102. The van der Waals surface area contributed by atoms with Crippen LogP contribution >= 0.6 is 0 Å². The second kappa shape index (κ2) is 8.06. The van der Waals surface area contributed by atoms with Gasteiger partial charge in [0.15, 0.2) is 11.5 Å². The predicted octanol–water partition coefficient (Wildman–Crippen LogP) is 4.45. The minimum atomic E-state index is -0.278. The van der Waals surface area contributed by atoms with Gasteiger partial charge in [0.25, 0.3) is 5.91 Å². The number of hydrogen-bond donors (Lipinski definition) is 3. The van der Waals surface area contributed by atoms with Gasteiger partial charge in [-0.25, -0.2) is 4.98 Å². The molecule has 1 amide bonds. The molecule has 160 valence electrons. The van der Waals surface area contributed by atoms with E-state index in [0.717, 1.165) is 28.2 Å². The third kappa shape index (κ3) is 3.68. The highest BCUT2D eigenvalue weighted by molar-refractivity contribution is 6.07. The summed E-state index contributed by atoms with van der Waals surface area (Å²) in [5, 5.41) is 3.65. The normalized spacial score (nSPS) is 10.9. The molecule has 4 aromatic rings. The average Bonchev–Trinajstić information content (AvgIpc) is 3.35. The molecule has 2 aromatic heterocycles. The number of amides is 1. The molecule has 0 atom stereocenters. The van der Waals surface area contributed by atoms with Crippen LogP contribution in [0.2, 0.25) is 0 Å². The first-order valence-corrected chi connectivity index (χ1v) is 9.71. The van der Waals surface area contributed by atoms with Crippen molar-refractivity contribution >= 4 is 22.5 Å². The Labute approximate surface area is 179 Å². The molecule has 8 nitrogen and oxygen atoms in total. The molecule has 2 heterocycles. The van der Waals surface area contributed by atoms with Gasteiger partial charge in [-0.1, -0.05) is 12.1 Å². The van der Waals surface area contributed by atoms with Crippen LogP contribution in [0.4, 0.5) is 5.69 Å². The molecule has 4 rings (SSSR count). The zero-order valence-electron chi connectivity index (χ0n) is 18.0. The number of H-pyrrole nitrogens is 2. The van der Waals surface area contributed by atoms with E-state index in [1.165, 1.54) is 0 Å². The van der Waals surface area contributed by atoms with Crippen molar-refractivity contribution in [1.29, 1.82) is 0 Å². The number of aromatic amines is 2. The summed E-state index contributed by atoms with van der Waals surface area (Å²) in [5.74, 6) is 1.97. The molecule has 0 aliphatic carbocycles. The first-order chi connectivity index (χ1) is 14.9. The van der Waals surface area contributed by atoms with E-state index in [1.54, 1.807) is 33.5 Å². The van der Waals surface area contributed by atoms with E-state index in [2.05, 4.69) is 20.3 Å². The van der Waals surface area contributed by atoms with Crippen molar-refractivity contribution in [3.05, 3.63) is 53.5 Å². The Balaban J connectivity index is 1.65. The molecule has 0 aliphatic heterocycles. The maximum atomic E-state index is 12.9. The van der Waals surface area contributed by atoms with Crippen molar-refractivity contribution in [2.45, 2.75) is 13.8 Å². The summed E-state index contributed by atoms with van der Waals surface area (Å²) in [6, 6.07) is 11.0. The van der Waals surface area contributed by atoms with E-state index in [9.17, 15) is 4.79 Å². The Morgan fingerprint density at radius 1 is 0.968 bits per heavy atom. The third-order valence-electron chi connectivity index (χ3n) is 5.19. The Morgan fingerprint density at radius 2 is 1.74 bits per heavy atom. The molecule has 0 unspecified atom stereocenters. The largest absolute Gasteiger partial charge is 0.493 e. The number of anilines is 1. The fourth-order valence-corrected chi connectivity index (χ4v) is 3.50. The summed E-state index contributed by atoms with van der Waals surface area (Å²) >= 11 is 0. The quantitative estimate of drug-likeness (QED) is 0.428. The second-order valence-electron chi connectivity index (χ2n) is 7.12. The van der Waals surface area contributed by atoms with Crippen LogP contribution < -0.4 is 19.5 Å². The van der Waals surface area contributed by atoms with Crippen molar-refractivity contribution in [3.63, 3.8) is 0 Å². The van der Waals surface area contributed by atoms with Crippen LogP contribution in [-0.4, -0.2) is 42.2 Å². The molecule has 0 spiro atoms. The third-order valence-corrected chi connectivity index (χ3v) is 5.19. The van der Waals surface area contributed by atoms with Gasteiger partial charge in [-0.2, -0.15) is 0 Å². The smallest absolute Gasteiger partial charge is 0.272 e. The van der Waals surface area contributed by atoms with Gasteiger partial charge >= 0.3 is 0 Å². The topological polar surface area (TPSA) is 101 Å². The van der Waals surface area contributed by atoms with Crippen molar-refractivity contribution in [1.82, 2.24) is 15.0 Å². The minimum absolute atomic E-state index is 0.278. The summed E-state index contributed by atoms with van der Waals surface area (Å²) in [6.07, 6.45) is 0. The number of carbonyl (C=O) groups excluding carboxylic acids is 1. The molecular formula is C23H24N4O4. The van der Waals surface area contributed by atoms with Crippen LogP contribution in [0.25, 0.3) is 22.3 Å². The number of aromatic nitrogens is 3. The number of imidazole rings is 1. The molecule has 31 heavy (non-hydrogen) atoms. The van der Waals surface area contributed by atoms with Gasteiger partial charge in [-0.3, -0.25) is 4.79 Å². The van der Waals surface area contributed by atoms with E-state index in [1.807, 2.05) is 38.1 Å². The van der Waals surface area contributed by atoms with Gasteiger partial charge in [-0.15, -0.1) is 0 Å². The van der Waals surface area contributed by atoms with E-state index >= 15 is 0 Å². The number of hydrogen-bond acceptors (Lipinski definition) is 5. The molecule has 0 bridgehead atoms. The zero-order valence-corrected chi connectivity index (χ0v) is 18.0. The van der Waals surface area contributed by atoms with Crippen molar-refractivity contribution in [3.8, 4) is 28.6 Å². The van der Waals surface area contributed by atoms with E-state index < -0.39 is 0 Å². The number of benzene rings is 2. The summed E-state index contributed by atoms with van der Waals surface area (Å²) in [7, 11) is 4.64. The number of ether oxygens (including phenoxy) is 3. The molecule has 0 aliphatic rings. The Bertz CT molecular complexity index is 1250. The standard InChI is InChI=1S/C23H24N4O4/c1-12-13(2)25-22(24-12)14-7-6-8-15(9-14)26-23(28)18-10-16-17(27-18)11-19(29-3)21(31-5)20(16)30-4/h6-11,27H,1-5H3,(H,24,25)(H,26,28). The number of nitrogens with zero attached hydrogens (tertiary/aromatic N) is 1. The average molecular weight is 420 g/mol. The number of methoxy groups -OCH3 is 3. The minimum Gasteiger partial charge on any atom is -0.493 e. The summed E-state index contributed by atoms with van der Waals surface area (Å²) in [5.41, 5.74) is 4.61. The number of nitrogens with one attached hydrogen (secondary N) is 3. The van der Waals surface area contributed by atoms with Gasteiger partial charge in [0, 0.05) is 28.4 Å². The van der Waals surface area contributed by atoms with Gasteiger partial charge < -0.3 is 29.5 Å². The van der Waals surface area contributed by atoms with Crippen molar-refractivity contribution < 1.29 is 19.0 Å². The van der Waals surface area contributed by atoms with E-state index in [-0.39, 0.29) is 5.91 Å². The van der Waals surface area contributed by atoms with Gasteiger partial charge in [0.1, 0.15) is 11.5 Å². The van der Waals surface area contributed by atoms with Crippen LogP contribution in [0, 0.1) is 13.8 Å². The van der Waals surface area contributed by atoms with E-state index in [0.29, 0.717) is 34.1 Å². The fourth-order valence-electron chi connectivity index (χ4n) is 3.50. The number of aryl methyl sites for hydroxylation is 2. The second-order valence-corrected chi connectivity index (χ2v) is 7.12. The Kier molecular flexibility index (Phi) is 5.29. The van der Waals surface area contributed by atoms with Crippen LogP contribution in [0.15, 0.2) is 36.4 Å². The maximum absolute atomic E-state index is 12.9. The first-order valence-electron chi connectivity index (χ1n) is 9.71. The molecule has 3 N–H and O–H groups in total. The van der Waals surface area contributed by atoms with Gasteiger partial charge in [0.2, 0.25) is 5.75 Å². The summed E-state index contributed by atoms with van der Waals surface area (Å²) in [6.45, 7) is 3.93. The van der Waals surface area contributed by atoms with Crippen LogP contribution in [0.1, 0.15) is 21.9 Å². The monoisotopic (exact) mass is 420 g/mol. The van der Waals surface area contributed by atoms with E-state index in [4.69, 9.17) is 14.2 Å². The van der Waals surface area contributed by atoms with Crippen LogP contribution in [0.5, 0.6) is 17.2 Å². The highest BCUT2D eigenvalue weighted by Crippen LogP contribution is 2.43. The SMILES string of the molecule is COc1cc2[nH]c(C(=O)Nc3cccc(-c4nc(C)c(C)[nH]4)c3)cc2c(OC)c1OC. The lowest BCUT2D eigenvalue weighted by Crippen LogP contribution is -2.12. The summed E-state index contributed by atoms with van der Waals surface area (Å²) in [4.78, 5) is 23.8. The lowest BCUT2D eigenvalue weighted by atomic mass is 10.2. The maximum Gasteiger partial charge on any atom is 0.272 e. The molecular weight excluding hydrogens is 396 g/mol. The molecule has 8 heteroatoms. The number of carbonyl (C=O) groups is 1. The molecule has 0 fully saturated rings. The lowest BCUT2D eigenvalue weighted by Gasteiger charge is -2.12. The Morgan fingerprint density at radius 3 is 2.39 bits per heavy atom. The number of fused-ring (bicyclic) bond motifs is 1. The van der Waals surface area contributed by atoms with Crippen LogP contribution in [0.3, 0.4) is 0 Å². The first kappa shape index (κ1) is 20.3. The molecule has 0 saturated heterocycles. The van der Waals surface area contributed by atoms with Gasteiger partial charge in [-0.05, 0) is 32.0 Å². The highest BCUT2D eigenvalue weighted by Gasteiger charge is 2.20.